The first-order chi connectivity index (χ1) is 8.52. The summed E-state index contributed by atoms with van der Waals surface area (Å²) < 4.78 is 16.8. The summed E-state index contributed by atoms with van der Waals surface area (Å²) in [6.45, 7) is 7.01. The zero-order valence-electron chi connectivity index (χ0n) is 11.2. The van der Waals surface area contributed by atoms with Gasteiger partial charge in [0.2, 0.25) is 5.95 Å². The van der Waals surface area contributed by atoms with Gasteiger partial charge in [0.15, 0.2) is 0 Å². The second kappa shape index (κ2) is 4.80. The Bertz CT molecular complexity index is 555. The highest BCUT2D eigenvalue weighted by Gasteiger charge is 2.13. The summed E-state index contributed by atoms with van der Waals surface area (Å²) in [7, 11) is 1.60. The zero-order valence-corrected chi connectivity index (χ0v) is 11.2. The van der Waals surface area contributed by atoms with Gasteiger partial charge in [-0.05, 0) is 20.8 Å². The van der Waals surface area contributed by atoms with Crippen molar-refractivity contribution in [3.05, 3.63) is 29.1 Å². The van der Waals surface area contributed by atoms with E-state index in [4.69, 9.17) is 0 Å². The third-order valence-electron chi connectivity index (χ3n) is 3.00. The summed E-state index contributed by atoms with van der Waals surface area (Å²) in [6.07, 6.45) is 1.93. The van der Waals surface area contributed by atoms with Crippen LogP contribution in [0.3, 0.4) is 0 Å². The molecule has 2 heterocycles. The third kappa shape index (κ3) is 2.23. The minimum atomic E-state index is -0.291. The molecule has 0 unspecified atom stereocenters. The number of halogens is 1. The minimum Gasteiger partial charge on any atom is -0.378 e. The van der Waals surface area contributed by atoms with Gasteiger partial charge < -0.3 is 5.32 Å². The summed E-state index contributed by atoms with van der Waals surface area (Å²) >= 11 is 0. The van der Waals surface area contributed by atoms with Crippen LogP contribution in [0.2, 0.25) is 0 Å². The van der Waals surface area contributed by atoms with Crippen molar-refractivity contribution in [1.29, 1.82) is 0 Å². The number of anilines is 1. The number of nitrogens with one attached hydrogen (secondary N) is 1. The third-order valence-corrected chi connectivity index (χ3v) is 3.00. The van der Waals surface area contributed by atoms with E-state index in [0.717, 1.165) is 17.9 Å². The predicted octanol–water partition coefficient (Wildman–Crippen LogP) is 2.00. The first-order valence-electron chi connectivity index (χ1n) is 5.98. The van der Waals surface area contributed by atoms with Crippen LogP contribution in [-0.2, 0) is 20.1 Å². The number of aromatic nitrogens is 4. The van der Waals surface area contributed by atoms with E-state index in [1.165, 1.54) is 4.68 Å². The van der Waals surface area contributed by atoms with Crippen molar-refractivity contribution in [1.82, 2.24) is 19.6 Å². The van der Waals surface area contributed by atoms with Crippen LogP contribution < -0.4 is 5.32 Å². The Balaban J connectivity index is 2.13. The molecule has 18 heavy (non-hydrogen) atoms. The van der Waals surface area contributed by atoms with Crippen molar-refractivity contribution < 1.29 is 4.39 Å². The lowest BCUT2D eigenvalue weighted by molar-refractivity contribution is 0.496. The monoisotopic (exact) mass is 251 g/mol. The Labute approximate surface area is 106 Å². The predicted molar refractivity (Wildman–Crippen MR) is 67.9 cm³/mol. The number of aryl methyl sites for hydroxylation is 4. The van der Waals surface area contributed by atoms with E-state index >= 15 is 0 Å². The summed E-state index contributed by atoms with van der Waals surface area (Å²) in [4.78, 5) is 0. The van der Waals surface area contributed by atoms with Gasteiger partial charge in [0, 0.05) is 31.9 Å². The molecule has 5 nitrogen and oxygen atoms in total. The van der Waals surface area contributed by atoms with Crippen molar-refractivity contribution in [2.75, 3.05) is 5.32 Å². The molecule has 6 heteroatoms. The Morgan fingerprint density at radius 3 is 2.50 bits per heavy atom. The van der Waals surface area contributed by atoms with E-state index in [9.17, 15) is 4.39 Å². The molecule has 0 fully saturated rings. The molecule has 0 radical (unpaired) electrons. The average Bonchev–Trinajstić information content (AvgIpc) is 2.80. The van der Waals surface area contributed by atoms with Crippen LogP contribution in [0.15, 0.2) is 6.20 Å². The molecular weight excluding hydrogens is 233 g/mol. The largest absolute Gasteiger partial charge is 0.378 e. The molecule has 2 rings (SSSR count). The maximum absolute atomic E-state index is 13.7. The van der Waals surface area contributed by atoms with Crippen LogP contribution in [0, 0.1) is 19.8 Å². The lowest BCUT2D eigenvalue weighted by atomic mass is 10.2. The molecule has 2 aromatic rings. The van der Waals surface area contributed by atoms with E-state index in [2.05, 4.69) is 15.5 Å². The Morgan fingerprint density at radius 2 is 2.00 bits per heavy atom. The van der Waals surface area contributed by atoms with Crippen LogP contribution in [0.5, 0.6) is 0 Å². The van der Waals surface area contributed by atoms with E-state index in [1.54, 1.807) is 7.05 Å². The molecule has 0 aromatic carbocycles. The van der Waals surface area contributed by atoms with Crippen molar-refractivity contribution in [3.8, 4) is 0 Å². The Hall–Kier alpha value is -1.85. The van der Waals surface area contributed by atoms with Crippen molar-refractivity contribution in [2.45, 2.75) is 33.9 Å². The zero-order chi connectivity index (χ0) is 13.3. The second-order valence-electron chi connectivity index (χ2n) is 4.32. The normalized spacial score (nSPS) is 10.9. The first kappa shape index (κ1) is 12.6. The topological polar surface area (TPSA) is 47.7 Å². The Morgan fingerprint density at radius 1 is 1.28 bits per heavy atom. The summed E-state index contributed by atoms with van der Waals surface area (Å²) in [5, 5.41) is 11.6. The van der Waals surface area contributed by atoms with Crippen LogP contribution in [-0.4, -0.2) is 19.6 Å². The number of hydrogen-bond donors (Lipinski definition) is 1. The van der Waals surface area contributed by atoms with Crippen molar-refractivity contribution >= 4 is 5.69 Å². The molecule has 0 saturated carbocycles. The molecule has 1 N–H and O–H groups in total. The summed E-state index contributed by atoms with van der Waals surface area (Å²) in [6, 6.07) is 0. The van der Waals surface area contributed by atoms with Gasteiger partial charge in [0.1, 0.15) is 0 Å². The SMILES string of the molecule is CCn1cc(NCc2c(C)nn(C)c2F)c(C)n1. The fourth-order valence-electron chi connectivity index (χ4n) is 1.91. The molecule has 0 bridgehead atoms. The van der Waals surface area contributed by atoms with Crippen molar-refractivity contribution in [3.63, 3.8) is 0 Å². The molecule has 2 aromatic heterocycles. The van der Waals surface area contributed by atoms with E-state index in [-0.39, 0.29) is 5.95 Å². The van der Waals surface area contributed by atoms with Gasteiger partial charge >= 0.3 is 0 Å². The van der Waals surface area contributed by atoms with Crippen LogP contribution >= 0.6 is 0 Å². The van der Waals surface area contributed by atoms with Crippen molar-refractivity contribution in [2.24, 2.45) is 7.05 Å². The average molecular weight is 251 g/mol. The van der Waals surface area contributed by atoms with Gasteiger partial charge in [-0.15, -0.1) is 0 Å². The minimum absolute atomic E-state index is 0.291. The molecule has 0 aliphatic carbocycles. The molecule has 0 atom stereocenters. The second-order valence-corrected chi connectivity index (χ2v) is 4.32. The summed E-state index contributed by atoms with van der Waals surface area (Å²) in [5.41, 5.74) is 3.16. The maximum Gasteiger partial charge on any atom is 0.216 e. The van der Waals surface area contributed by atoms with Crippen LogP contribution in [0.1, 0.15) is 23.9 Å². The molecule has 0 amide bonds. The highest BCUT2D eigenvalue weighted by Crippen LogP contribution is 2.16. The number of hydrogen-bond acceptors (Lipinski definition) is 3. The quantitative estimate of drug-likeness (QED) is 0.904. The van der Waals surface area contributed by atoms with Gasteiger partial charge in [0.05, 0.1) is 17.1 Å². The van der Waals surface area contributed by atoms with E-state index in [0.29, 0.717) is 17.8 Å². The standard InChI is InChI=1S/C12H18FN5/c1-5-18-7-11(9(3)16-18)14-6-10-8(2)15-17(4)12(10)13/h7,14H,5-6H2,1-4H3. The molecule has 98 valence electrons. The van der Waals surface area contributed by atoms with Gasteiger partial charge in [-0.3, -0.25) is 4.68 Å². The molecule has 0 saturated heterocycles. The number of nitrogens with zero attached hydrogens (tertiary/aromatic N) is 4. The van der Waals surface area contributed by atoms with E-state index < -0.39 is 0 Å². The van der Waals surface area contributed by atoms with Crippen LogP contribution in [0.25, 0.3) is 0 Å². The lowest BCUT2D eigenvalue weighted by Gasteiger charge is -2.03. The highest BCUT2D eigenvalue weighted by atomic mass is 19.1. The smallest absolute Gasteiger partial charge is 0.216 e. The van der Waals surface area contributed by atoms with Gasteiger partial charge in [-0.1, -0.05) is 0 Å². The molecule has 0 aliphatic heterocycles. The van der Waals surface area contributed by atoms with Gasteiger partial charge in [-0.2, -0.15) is 14.6 Å². The fraction of sp³-hybridized carbons (Fsp3) is 0.500. The molecule has 0 aliphatic rings. The van der Waals surface area contributed by atoms with Gasteiger partial charge in [-0.25, -0.2) is 4.68 Å². The fourth-order valence-corrected chi connectivity index (χ4v) is 1.91. The highest BCUT2D eigenvalue weighted by molar-refractivity contribution is 5.46. The maximum atomic E-state index is 13.7. The van der Waals surface area contributed by atoms with Crippen LogP contribution in [0.4, 0.5) is 10.1 Å². The first-order valence-corrected chi connectivity index (χ1v) is 5.98. The summed E-state index contributed by atoms with van der Waals surface area (Å²) in [5.74, 6) is -0.291. The molecular formula is C12H18FN5. The Kier molecular flexibility index (Phi) is 3.36. The van der Waals surface area contributed by atoms with Gasteiger partial charge in [0.25, 0.3) is 0 Å². The lowest BCUT2D eigenvalue weighted by Crippen LogP contribution is -2.03. The van der Waals surface area contributed by atoms with E-state index in [1.807, 2.05) is 31.6 Å². The molecule has 0 spiro atoms. The number of rotatable bonds is 4.